The van der Waals surface area contributed by atoms with Crippen LogP contribution in [-0.4, -0.2) is 6.54 Å². The summed E-state index contributed by atoms with van der Waals surface area (Å²) in [5.74, 6) is 0. The molecule has 1 nitrogen and oxygen atoms in total. The van der Waals surface area contributed by atoms with Gasteiger partial charge in [-0.15, -0.1) is 5.73 Å². The fraction of sp³-hybridized carbons (Fsp3) is 0.400. The number of hydrogen-bond donors (Lipinski definition) is 1. The van der Waals surface area contributed by atoms with Crippen molar-refractivity contribution in [2.45, 2.75) is 6.92 Å². The maximum Gasteiger partial charge on any atom is 0.0210 e. The van der Waals surface area contributed by atoms with Gasteiger partial charge < -0.3 is 5.73 Å². The topological polar surface area (TPSA) is 26.0 Å². The molecule has 0 amide bonds. The van der Waals surface area contributed by atoms with E-state index in [9.17, 15) is 0 Å². The van der Waals surface area contributed by atoms with Crippen molar-refractivity contribution in [2.24, 2.45) is 5.73 Å². The third-order valence-corrected chi connectivity index (χ3v) is 0.608. The second kappa shape index (κ2) is 2.70. The summed E-state index contributed by atoms with van der Waals surface area (Å²) in [7, 11) is 0. The van der Waals surface area contributed by atoms with Gasteiger partial charge in [-0.2, -0.15) is 0 Å². The Bertz CT molecular complexity index is 77.9. The highest BCUT2D eigenvalue weighted by Crippen LogP contribution is 1.77. The summed E-state index contributed by atoms with van der Waals surface area (Å²) < 4.78 is 0. The van der Waals surface area contributed by atoms with Crippen LogP contribution in [0.3, 0.4) is 0 Å². The third-order valence-electron chi connectivity index (χ3n) is 0.608. The van der Waals surface area contributed by atoms with Crippen molar-refractivity contribution < 1.29 is 0 Å². The minimum absolute atomic E-state index is 0.573. The number of rotatable bonds is 1. The average Bonchev–Trinajstić information content (AvgIpc) is 1.65. The maximum absolute atomic E-state index is 5.14. The van der Waals surface area contributed by atoms with Crippen LogP contribution in [0.5, 0.6) is 0 Å². The van der Waals surface area contributed by atoms with Crippen molar-refractivity contribution in [1.82, 2.24) is 0 Å². The molecule has 1 heteroatoms. The Morgan fingerprint density at radius 3 is 2.50 bits per heavy atom. The van der Waals surface area contributed by atoms with E-state index in [1.807, 2.05) is 6.92 Å². The summed E-state index contributed by atoms with van der Waals surface area (Å²) in [6, 6.07) is 0. The van der Waals surface area contributed by atoms with Gasteiger partial charge in [0.05, 0.1) is 0 Å². The molecule has 0 radical (unpaired) electrons. The van der Waals surface area contributed by atoms with Gasteiger partial charge in [0.25, 0.3) is 0 Å². The molecule has 6 heavy (non-hydrogen) atoms. The van der Waals surface area contributed by atoms with Crippen LogP contribution >= 0.6 is 0 Å². The second-order valence-corrected chi connectivity index (χ2v) is 1.16. The van der Waals surface area contributed by atoms with Gasteiger partial charge in [-0.05, 0) is 12.5 Å². The minimum atomic E-state index is 0.573. The second-order valence-electron chi connectivity index (χ2n) is 1.16. The van der Waals surface area contributed by atoms with Crippen LogP contribution in [0.25, 0.3) is 0 Å². The van der Waals surface area contributed by atoms with Crippen molar-refractivity contribution in [3.8, 4) is 0 Å². The molecule has 0 unspecified atom stereocenters. The van der Waals surface area contributed by atoms with Gasteiger partial charge in [0.1, 0.15) is 0 Å². The molecule has 0 atom stereocenters. The molecule has 0 aromatic carbocycles. The summed E-state index contributed by atoms with van der Waals surface area (Å²) >= 11 is 0. The van der Waals surface area contributed by atoms with Gasteiger partial charge in [-0.25, -0.2) is 0 Å². The van der Waals surface area contributed by atoms with Crippen molar-refractivity contribution in [2.75, 3.05) is 6.54 Å². The molecule has 0 saturated heterocycles. The van der Waals surface area contributed by atoms with Gasteiger partial charge >= 0.3 is 0 Å². The lowest BCUT2D eigenvalue weighted by atomic mass is 10.3. The van der Waals surface area contributed by atoms with Crippen molar-refractivity contribution >= 4 is 0 Å². The highest BCUT2D eigenvalue weighted by atomic mass is 14.5. The van der Waals surface area contributed by atoms with Gasteiger partial charge in [-0.3, -0.25) is 0 Å². The number of nitrogens with two attached hydrogens (primary N) is 1. The zero-order valence-corrected chi connectivity index (χ0v) is 3.99. The summed E-state index contributed by atoms with van der Waals surface area (Å²) in [5.41, 5.74) is 8.81. The van der Waals surface area contributed by atoms with Gasteiger partial charge in [0.2, 0.25) is 0 Å². The van der Waals surface area contributed by atoms with Crippen LogP contribution in [0, 0.1) is 0 Å². The highest BCUT2D eigenvalue weighted by molar-refractivity contribution is 4.94. The first-order chi connectivity index (χ1) is 2.81. The standard InChI is InChI=1S/C5H9N/c1-3-5(2)4-6/h1,4,6H2,2H3. The van der Waals surface area contributed by atoms with E-state index < -0.39 is 0 Å². The number of hydrogen-bond acceptors (Lipinski definition) is 1. The first kappa shape index (κ1) is 5.48. The normalized spacial score (nSPS) is 7.00. The fourth-order valence-corrected chi connectivity index (χ4v) is 0.0722. The van der Waals surface area contributed by atoms with Gasteiger partial charge in [0.15, 0.2) is 0 Å². The maximum atomic E-state index is 5.14. The Labute approximate surface area is 38.2 Å². The van der Waals surface area contributed by atoms with Gasteiger partial charge in [0, 0.05) is 6.54 Å². The lowest BCUT2D eigenvalue weighted by molar-refractivity contribution is 1.15. The lowest BCUT2D eigenvalue weighted by Crippen LogP contribution is -1.97. The molecule has 0 aromatic rings. The minimum Gasteiger partial charge on any atom is -0.326 e. The van der Waals surface area contributed by atoms with E-state index in [1.165, 1.54) is 0 Å². The van der Waals surface area contributed by atoms with Crippen LogP contribution in [0.15, 0.2) is 17.9 Å². The van der Waals surface area contributed by atoms with E-state index >= 15 is 0 Å². The van der Waals surface area contributed by atoms with Crippen molar-refractivity contribution in [3.05, 3.63) is 17.9 Å². The Morgan fingerprint density at radius 1 is 2.00 bits per heavy atom. The molecule has 0 aromatic heterocycles. The SMILES string of the molecule is C=C=C(C)CN. The fourth-order valence-electron chi connectivity index (χ4n) is 0.0722. The van der Waals surface area contributed by atoms with Crippen molar-refractivity contribution in [1.29, 1.82) is 0 Å². The van der Waals surface area contributed by atoms with Crippen LogP contribution in [0.2, 0.25) is 0 Å². The molecule has 0 rings (SSSR count). The van der Waals surface area contributed by atoms with Crippen LogP contribution in [-0.2, 0) is 0 Å². The van der Waals surface area contributed by atoms with E-state index in [2.05, 4.69) is 12.3 Å². The molecule has 2 N–H and O–H groups in total. The van der Waals surface area contributed by atoms with E-state index in [0.717, 1.165) is 5.57 Å². The van der Waals surface area contributed by atoms with Crippen LogP contribution < -0.4 is 5.73 Å². The van der Waals surface area contributed by atoms with Crippen LogP contribution in [0.4, 0.5) is 0 Å². The predicted octanol–water partition coefficient (Wildman–Crippen LogP) is 0.676. The molecule has 0 aliphatic carbocycles. The first-order valence-corrected chi connectivity index (χ1v) is 1.87. The van der Waals surface area contributed by atoms with Crippen LogP contribution in [0.1, 0.15) is 6.92 Å². The Kier molecular flexibility index (Phi) is 2.47. The highest BCUT2D eigenvalue weighted by Gasteiger charge is 1.71. The molecule has 0 bridgehead atoms. The zero-order valence-electron chi connectivity index (χ0n) is 3.99. The summed E-state index contributed by atoms with van der Waals surface area (Å²) in [6.45, 7) is 5.86. The third kappa shape index (κ3) is 1.77. The van der Waals surface area contributed by atoms with E-state index in [0.29, 0.717) is 6.54 Å². The lowest BCUT2D eigenvalue weighted by Gasteiger charge is -1.81. The van der Waals surface area contributed by atoms with Crippen molar-refractivity contribution in [3.63, 3.8) is 0 Å². The zero-order chi connectivity index (χ0) is 4.99. The smallest absolute Gasteiger partial charge is 0.0210 e. The molecule has 0 fully saturated rings. The largest absolute Gasteiger partial charge is 0.326 e. The molecule has 0 aliphatic rings. The van der Waals surface area contributed by atoms with E-state index in [-0.39, 0.29) is 0 Å². The van der Waals surface area contributed by atoms with Gasteiger partial charge in [-0.1, -0.05) is 6.58 Å². The Hall–Kier alpha value is -0.520. The van der Waals surface area contributed by atoms with E-state index in [4.69, 9.17) is 5.73 Å². The molecular formula is C5H9N. The molecule has 0 heterocycles. The Morgan fingerprint density at radius 2 is 2.50 bits per heavy atom. The molecular weight excluding hydrogens is 74.1 g/mol. The predicted molar refractivity (Wildman–Crippen MR) is 27.4 cm³/mol. The van der Waals surface area contributed by atoms with E-state index in [1.54, 1.807) is 0 Å². The molecule has 0 saturated carbocycles. The Balaban J connectivity index is 3.52. The summed E-state index contributed by atoms with van der Waals surface area (Å²) in [4.78, 5) is 0. The molecule has 34 valence electrons. The quantitative estimate of drug-likeness (QED) is 0.463. The molecule has 0 aliphatic heterocycles. The summed E-state index contributed by atoms with van der Waals surface area (Å²) in [6.07, 6.45) is 0. The monoisotopic (exact) mass is 83.1 g/mol. The first-order valence-electron chi connectivity index (χ1n) is 1.87. The summed E-state index contributed by atoms with van der Waals surface area (Å²) in [5, 5.41) is 0. The molecule has 0 spiro atoms. The average molecular weight is 83.1 g/mol.